The Kier molecular flexibility index (Phi) is 3.86. The number of aliphatic hydroxyl groups excluding tert-OH is 1. The van der Waals surface area contributed by atoms with Crippen molar-refractivity contribution in [2.45, 2.75) is 25.8 Å². The number of benzene rings is 1. The number of hydrogen-bond donors (Lipinski definition) is 1. The molecule has 0 unspecified atom stereocenters. The molecule has 0 bridgehead atoms. The third kappa shape index (κ3) is 2.70. The van der Waals surface area contributed by atoms with Crippen LogP contribution in [-0.2, 0) is 0 Å². The van der Waals surface area contributed by atoms with Gasteiger partial charge in [-0.1, -0.05) is 0 Å². The predicted molar refractivity (Wildman–Crippen MR) is 60.5 cm³/mol. The van der Waals surface area contributed by atoms with Crippen molar-refractivity contribution in [3.63, 3.8) is 0 Å². The average Bonchev–Trinajstić information content (AvgIpc) is 2.16. The molecule has 0 heterocycles. The van der Waals surface area contributed by atoms with Crippen LogP contribution >= 0.6 is 0 Å². The molecular weight excluding hydrogens is 212 g/mol. The zero-order valence-electron chi connectivity index (χ0n) is 9.80. The molecule has 0 spiro atoms. The minimum Gasteiger partial charge on any atom is -0.396 e. The first-order chi connectivity index (χ1) is 7.38. The fraction of sp³-hybridized carbons (Fsp3) is 0.500. The van der Waals surface area contributed by atoms with E-state index in [1.54, 1.807) is 11.9 Å². The Hall–Kier alpha value is -1.16. The zero-order chi connectivity index (χ0) is 12.3. The van der Waals surface area contributed by atoms with E-state index in [0.29, 0.717) is 12.1 Å². The lowest BCUT2D eigenvalue weighted by Gasteiger charge is -2.37. The standard InChI is InChI=1S/C12H17F2NO/c1-12(2,6-7-16)15(3)11-5-4-9(13)8-10(11)14/h4-5,8,16H,6-7H2,1-3H3. The second-order valence-corrected chi connectivity index (χ2v) is 4.44. The molecule has 16 heavy (non-hydrogen) atoms. The van der Waals surface area contributed by atoms with E-state index in [9.17, 15) is 8.78 Å². The van der Waals surface area contributed by atoms with Crippen molar-refractivity contribution in [2.75, 3.05) is 18.6 Å². The van der Waals surface area contributed by atoms with Crippen molar-refractivity contribution in [1.82, 2.24) is 0 Å². The van der Waals surface area contributed by atoms with E-state index in [2.05, 4.69) is 0 Å². The summed E-state index contributed by atoms with van der Waals surface area (Å²) in [5.74, 6) is -1.18. The van der Waals surface area contributed by atoms with Gasteiger partial charge in [-0.25, -0.2) is 8.78 Å². The Bertz CT molecular complexity index is 366. The van der Waals surface area contributed by atoms with Crippen molar-refractivity contribution in [1.29, 1.82) is 0 Å². The highest BCUT2D eigenvalue weighted by molar-refractivity contribution is 5.49. The largest absolute Gasteiger partial charge is 0.396 e. The summed E-state index contributed by atoms with van der Waals surface area (Å²) in [6.07, 6.45) is 0.514. The van der Waals surface area contributed by atoms with Gasteiger partial charge in [0, 0.05) is 25.3 Å². The number of hydrogen-bond acceptors (Lipinski definition) is 2. The summed E-state index contributed by atoms with van der Waals surface area (Å²) in [6, 6.07) is 3.49. The van der Waals surface area contributed by atoms with Crippen LogP contribution in [0.4, 0.5) is 14.5 Å². The predicted octanol–water partition coefficient (Wildman–Crippen LogP) is 2.56. The summed E-state index contributed by atoms with van der Waals surface area (Å²) in [6.45, 7) is 3.82. The van der Waals surface area contributed by atoms with Crippen LogP contribution in [0, 0.1) is 11.6 Å². The van der Waals surface area contributed by atoms with E-state index in [0.717, 1.165) is 6.07 Å². The molecule has 0 atom stereocenters. The molecule has 1 N–H and O–H groups in total. The third-order valence-electron chi connectivity index (χ3n) is 2.90. The lowest BCUT2D eigenvalue weighted by Crippen LogP contribution is -2.42. The molecule has 0 aliphatic carbocycles. The Morgan fingerprint density at radius 2 is 1.94 bits per heavy atom. The molecule has 0 aliphatic heterocycles. The highest BCUT2D eigenvalue weighted by Crippen LogP contribution is 2.27. The molecule has 0 saturated heterocycles. The molecule has 0 amide bonds. The quantitative estimate of drug-likeness (QED) is 0.857. The summed E-state index contributed by atoms with van der Waals surface area (Å²) >= 11 is 0. The molecular formula is C12H17F2NO. The minimum absolute atomic E-state index is 0.0279. The smallest absolute Gasteiger partial charge is 0.149 e. The van der Waals surface area contributed by atoms with E-state index in [1.165, 1.54) is 12.1 Å². The summed E-state index contributed by atoms with van der Waals surface area (Å²) in [5, 5.41) is 8.93. The van der Waals surface area contributed by atoms with Crippen LogP contribution in [-0.4, -0.2) is 24.3 Å². The topological polar surface area (TPSA) is 23.5 Å². The summed E-state index contributed by atoms with van der Waals surface area (Å²) in [4.78, 5) is 1.71. The number of aliphatic hydroxyl groups is 1. The van der Waals surface area contributed by atoms with E-state index in [4.69, 9.17) is 5.11 Å². The highest BCUT2D eigenvalue weighted by atomic mass is 19.1. The number of halogens is 2. The molecule has 4 heteroatoms. The summed E-state index contributed by atoms with van der Waals surface area (Å²) in [7, 11) is 1.73. The molecule has 1 rings (SSSR count). The summed E-state index contributed by atoms with van der Waals surface area (Å²) in [5.41, 5.74) is -0.0483. The summed E-state index contributed by atoms with van der Waals surface area (Å²) < 4.78 is 26.3. The number of nitrogens with zero attached hydrogens (tertiary/aromatic N) is 1. The fourth-order valence-electron chi connectivity index (χ4n) is 1.52. The van der Waals surface area contributed by atoms with Gasteiger partial charge in [-0.3, -0.25) is 0 Å². The SMILES string of the molecule is CN(c1ccc(F)cc1F)C(C)(C)CCO. The Labute approximate surface area is 94.5 Å². The second kappa shape index (κ2) is 4.78. The first-order valence-electron chi connectivity index (χ1n) is 5.18. The molecule has 90 valence electrons. The molecule has 0 saturated carbocycles. The number of anilines is 1. The van der Waals surface area contributed by atoms with Gasteiger partial charge in [0.25, 0.3) is 0 Å². The van der Waals surface area contributed by atoms with Crippen molar-refractivity contribution in [3.8, 4) is 0 Å². The van der Waals surface area contributed by atoms with Crippen LogP contribution in [0.3, 0.4) is 0 Å². The average molecular weight is 229 g/mol. The van der Waals surface area contributed by atoms with Crippen LogP contribution in [0.25, 0.3) is 0 Å². The Balaban J connectivity index is 3.00. The maximum Gasteiger partial charge on any atom is 0.149 e. The van der Waals surface area contributed by atoms with E-state index in [-0.39, 0.29) is 12.1 Å². The fourth-order valence-corrected chi connectivity index (χ4v) is 1.52. The van der Waals surface area contributed by atoms with Crippen molar-refractivity contribution >= 4 is 5.69 Å². The van der Waals surface area contributed by atoms with Gasteiger partial charge in [-0.15, -0.1) is 0 Å². The van der Waals surface area contributed by atoms with E-state index < -0.39 is 11.6 Å². The minimum atomic E-state index is -0.589. The maximum absolute atomic E-state index is 13.5. The van der Waals surface area contributed by atoms with Gasteiger partial charge < -0.3 is 10.0 Å². The molecule has 0 aliphatic rings. The highest BCUT2D eigenvalue weighted by Gasteiger charge is 2.25. The monoisotopic (exact) mass is 229 g/mol. The van der Waals surface area contributed by atoms with E-state index in [1.807, 2.05) is 13.8 Å². The Morgan fingerprint density at radius 1 is 1.31 bits per heavy atom. The lowest BCUT2D eigenvalue weighted by molar-refractivity contribution is 0.250. The van der Waals surface area contributed by atoms with Crippen LogP contribution in [0.5, 0.6) is 0 Å². The van der Waals surface area contributed by atoms with Gasteiger partial charge >= 0.3 is 0 Å². The van der Waals surface area contributed by atoms with Crippen molar-refractivity contribution in [2.24, 2.45) is 0 Å². The molecule has 2 nitrogen and oxygen atoms in total. The zero-order valence-corrected chi connectivity index (χ0v) is 9.80. The van der Waals surface area contributed by atoms with Gasteiger partial charge in [-0.2, -0.15) is 0 Å². The number of rotatable bonds is 4. The van der Waals surface area contributed by atoms with Crippen LogP contribution in [0.2, 0.25) is 0 Å². The first kappa shape index (κ1) is 12.9. The van der Waals surface area contributed by atoms with E-state index >= 15 is 0 Å². The van der Waals surface area contributed by atoms with Gasteiger partial charge in [0.05, 0.1) is 5.69 Å². The van der Waals surface area contributed by atoms with Crippen LogP contribution in [0.1, 0.15) is 20.3 Å². The van der Waals surface area contributed by atoms with Gasteiger partial charge in [0.15, 0.2) is 0 Å². The third-order valence-corrected chi connectivity index (χ3v) is 2.90. The first-order valence-corrected chi connectivity index (χ1v) is 5.18. The van der Waals surface area contributed by atoms with Gasteiger partial charge in [0.1, 0.15) is 11.6 Å². The van der Waals surface area contributed by atoms with Crippen molar-refractivity contribution in [3.05, 3.63) is 29.8 Å². The molecule has 0 radical (unpaired) electrons. The van der Waals surface area contributed by atoms with Crippen LogP contribution < -0.4 is 4.90 Å². The van der Waals surface area contributed by atoms with Gasteiger partial charge in [0.2, 0.25) is 0 Å². The van der Waals surface area contributed by atoms with Crippen molar-refractivity contribution < 1.29 is 13.9 Å². The normalized spacial score (nSPS) is 11.6. The molecule has 1 aromatic rings. The van der Waals surface area contributed by atoms with Gasteiger partial charge in [-0.05, 0) is 32.4 Å². The van der Waals surface area contributed by atoms with Crippen LogP contribution in [0.15, 0.2) is 18.2 Å². The molecule has 0 fully saturated rings. The Morgan fingerprint density at radius 3 is 2.44 bits per heavy atom. The second-order valence-electron chi connectivity index (χ2n) is 4.44. The lowest BCUT2D eigenvalue weighted by atomic mass is 9.98. The maximum atomic E-state index is 13.5. The molecule has 1 aromatic carbocycles. The molecule has 0 aromatic heterocycles.